The molecular formula is C23H28N4O3. The van der Waals surface area contributed by atoms with E-state index in [1.54, 1.807) is 12.3 Å². The van der Waals surface area contributed by atoms with Gasteiger partial charge < -0.3 is 19.9 Å². The maximum absolute atomic E-state index is 13.0. The summed E-state index contributed by atoms with van der Waals surface area (Å²) < 4.78 is 5.87. The Morgan fingerprint density at radius 1 is 1.13 bits per heavy atom. The molecule has 30 heavy (non-hydrogen) atoms. The van der Waals surface area contributed by atoms with Crippen LogP contribution in [-0.4, -0.2) is 60.5 Å². The van der Waals surface area contributed by atoms with Crippen molar-refractivity contribution < 1.29 is 14.3 Å². The smallest absolute Gasteiger partial charge is 0.255 e. The van der Waals surface area contributed by atoms with Crippen LogP contribution in [0, 0.1) is 0 Å². The number of para-hydroxylation sites is 1. The van der Waals surface area contributed by atoms with Gasteiger partial charge in [0.25, 0.3) is 5.91 Å². The van der Waals surface area contributed by atoms with E-state index >= 15 is 0 Å². The van der Waals surface area contributed by atoms with Gasteiger partial charge in [-0.05, 0) is 43.5 Å². The van der Waals surface area contributed by atoms with Crippen molar-refractivity contribution in [1.29, 1.82) is 0 Å². The van der Waals surface area contributed by atoms with Crippen LogP contribution >= 0.6 is 0 Å². The summed E-state index contributed by atoms with van der Waals surface area (Å²) in [5.74, 6) is 1.55. The molecule has 2 saturated heterocycles. The Morgan fingerprint density at radius 3 is 2.80 bits per heavy atom. The maximum Gasteiger partial charge on any atom is 0.255 e. The fraction of sp³-hybridized carbons (Fsp3) is 0.435. The number of pyridine rings is 1. The molecule has 0 radical (unpaired) electrons. The molecule has 158 valence electrons. The minimum atomic E-state index is -0.129. The Hall–Kier alpha value is -3.09. The van der Waals surface area contributed by atoms with E-state index in [1.165, 1.54) is 0 Å². The van der Waals surface area contributed by atoms with Crippen molar-refractivity contribution in [2.75, 3.05) is 37.7 Å². The SMILES string of the molecule is O=C(N[C@@H]1CCCN(c2ccccn2)C1)c1ccccc1OCCN1CCCC1=O. The number of nitrogens with one attached hydrogen (secondary N) is 1. The van der Waals surface area contributed by atoms with Crippen LogP contribution in [-0.2, 0) is 4.79 Å². The molecule has 1 atom stereocenters. The summed E-state index contributed by atoms with van der Waals surface area (Å²) in [5.41, 5.74) is 0.528. The van der Waals surface area contributed by atoms with Crippen molar-refractivity contribution >= 4 is 17.6 Å². The number of rotatable bonds is 7. The van der Waals surface area contributed by atoms with Crippen molar-refractivity contribution in [1.82, 2.24) is 15.2 Å². The first kappa shape index (κ1) is 20.2. The number of benzene rings is 1. The van der Waals surface area contributed by atoms with Gasteiger partial charge in [-0.2, -0.15) is 0 Å². The average Bonchev–Trinajstić information content (AvgIpc) is 3.19. The van der Waals surface area contributed by atoms with Gasteiger partial charge in [-0.15, -0.1) is 0 Å². The van der Waals surface area contributed by atoms with E-state index in [1.807, 2.05) is 41.3 Å². The Balaban J connectivity index is 1.34. The molecule has 4 rings (SSSR count). The summed E-state index contributed by atoms with van der Waals surface area (Å²) in [5, 5.41) is 3.16. The number of carbonyl (C=O) groups excluding carboxylic acids is 2. The molecule has 0 spiro atoms. The van der Waals surface area contributed by atoms with Crippen LogP contribution < -0.4 is 15.0 Å². The van der Waals surface area contributed by atoms with Gasteiger partial charge in [0.05, 0.1) is 12.1 Å². The maximum atomic E-state index is 13.0. The number of carbonyl (C=O) groups is 2. The molecule has 0 unspecified atom stereocenters. The quantitative estimate of drug-likeness (QED) is 0.762. The number of aromatic nitrogens is 1. The lowest BCUT2D eigenvalue weighted by Gasteiger charge is -2.34. The van der Waals surface area contributed by atoms with Gasteiger partial charge in [-0.3, -0.25) is 9.59 Å². The number of ether oxygens (including phenoxy) is 1. The van der Waals surface area contributed by atoms with Gasteiger partial charge in [0, 0.05) is 38.3 Å². The van der Waals surface area contributed by atoms with E-state index in [9.17, 15) is 9.59 Å². The first-order valence-electron chi connectivity index (χ1n) is 10.7. The predicted molar refractivity (Wildman–Crippen MR) is 115 cm³/mol. The minimum absolute atomic E-state index is 0.0588. The molecule has 2 amide bonds. The van der Waals surface area contributed by atoms with Crippen molar-refractivity contribution in [3.05, 3.63) is 54.2 Å². The molecule has 2 aliphatic heterocycles. The van der Waals surface area contributed by atoms with Crippen molar-refractivity contribution in [3.8, 4) is 5.75 Å². The highest BCUT2D eigenvalue weighted by Crippen LogP contribution is 2.21. The molecule has 3 heterocycles. The second-order valence-electron chi connectivity index (χ2n) is 7.78. The second-order valence-corrected chi connectivity index (χ2v) is 7.78. The van der Waals surface area contributed by atoms with E-state index in [2.05, 4.69) is 15.2 Å². The number of piperidine rings is 1. The molecule has 1 aromatic heterocycles. The number of hydrogen-bond acceptors (Lipinski definition) is 5. The monoisotopic (exact) mass is 408 g/mol. The Morgan fingerprint density at radius 2 is 2.00 bits per heavy atom. The van der Waals surface area contributed by atoms with Crippen LogP contribution in [0.2, 0.25) is 0 Å². The van der Waals surface area contributed by atoms with Crippen LogP contribution in [0.15, 0.2) is 48.7 Å². The number of hydrogen-bond donors (Lipinski definition) is 1. The van der Waals surface area contributed by atoms with E-state index < -0.39 is 0 Å². The number of nitrogens with zero attached hydrogens (tertiary/aromatic N) is 3. The van der Waals surface area contributed by atoms with Crippen LogP contribution in [0.5, 0.6) is 5.75 Å². The van der Waals surface area contributed by atoms with Gasteiger partial charge in [-0.25, -0.2) is 4.98 Å². The zero-order chi connectivity index (χ0) is 20.8. The second kappa shape index (κ2) is 9.61. The van der Waals surface area contributed by atoms with E-state index in [0.29, 0.717) is 30.9 Å². The number of amides is 2. The summed E-state index contributed by atoms with van der Waals surface area (Å²) in [6.45, 7) is 3.41. The molecule has 0 bridgehead atoms. The van der Waals surface area contributed by atoms with E-state index in [0.717, 1.165) is 44.7 Å². The standard InChI is InChI=1S/C23H28N4O3/c28-22-11-6-13-26(22)15-16-30-20-9-2-1-8-19(20)23(29)25-18-7-5-14-27(17-18)21-10-3-4-12-24-21/h1-4,8-10,12,18H,5-7,11,13-17H2,(H,25,29)/t18-/m1/s1. The highest BCUT2D eigenvalue weighted by atomic mass is 16.5. The lowest BCUT2D eigenvalue weighted by molar-refractivity contribution is -0.128. The minimum Gasteiger partial charge on any atom is -0.491 e. The van der Waals surface area contributed by atoms with Gasteiger partial charge in [0.15, 0.2) is 0 Å². The van der Waals surface area contributed by atoms with Crippen LogP contribution in [0.1, 0.15) is 36.0 Å². The van der Waals surface area contributed by atoms with Crippen molar-refractivity contribution in [3.63, 3.8) is 0 Å². The van der Waals surface area contributed by atoms with Crippen LogP contribution in [0.4, 0.5) is 5.82 Å². The highest BCUT2D eigenvalue weighted by molar-refractivity contribution is 5.97. The van der Waals surface area contributed by atoms with Crippen LogP contribution in [0.3, 0.4) is 0 Å². The van der Waals surface area contributed by atoms with E-state index in [4.69, 9.17) is 4.74 Å². The van der Waals surface area contributed by atoms with Crippen LogP contribution in [0.25, 0.3) is 0 Å². The lowest BCUT2D eigenvalue weighted by Crippen LogP contribution is -2.48. The van der Waals surface area contributed by atoms with Gasteiger partial charge >= 0.3 is 0 Å². The fourth-order valence-corrected chi connectivity index (χ4v) is 4.09. The molecule has 2 aromatic rings. The first-order chi connectivity index (χ1) is 14.7. The molecule has 7 nitrogen and oxygen atoms in total. The Kier molecular flexibility index (Phi) is 6.47. The van der Waals surface area contributed by atoms with Gasteiger partial charge in [0.2, 0.25) is 5.91 Å². The fourth-order valence-electron chi connectivity index (χ4n) is 4.09. The zero-order valence-corrected chi connectivity index (χ0v) is 17.1. The number of anilines is 1. The molecule has 1 aromatic carbocycles. The summed E-state index contributed by atoms with van der Waals surface area (Å²) in [7, 11) is 0. The molecule has 2 fully saturated rings. The third-order valence-electron chi connectivity index (χ3n) is 5.65. The summed E-state index contributed by atoms with van der Waals surface area (Å²) in [6.07, 6.45) is 5.27. The average molecular weight is 409 g/mol. The topological polar surface area (TPSA) is 74.8 Å². The third-order valence-corrected chi connectivity index (χ3v) is 5.65. The van der Waals surface area contributed by atoms with E-state index in [-0.39, 0.29) is 17.9 Å². The lowest BCUT2D eigenvalue weighted by atomic mass is 10.0. The summed E-state index contributed by atoms with van der Waals surface area (Å²) >= 11 is 0. The normalized spacial score (nSPS) is 19.1. The van der Waals surface area contributed by atoms with Gasteiger partial charge in [-0.1, -0.05) is 18.2 Å². The molecular weight excluding hydrogens is 380 g/mol. The molecule has 0 saturated carbocycles. The van der Waals surface area contributed by atoms with Gasteiger partial charge in [0.1, 0.15) is 18.2 Å². The molecule has 1 N–H and O–H groups in total. The first-order valence-corrected chi connectivity index (χ1v) is 10.7. The molecule has 0 aliphatic carbocycles. The Bertz CT molecular complexity index is 874. The summed E-state index contributed by atoms with van der Waals surface area (Å²) in [4.78, 5) is 33.2. The Labute approximate surface area is 177 Å². The largest absolute Gasteiger partial charge is 0.491 e. The molecule has 2 aliphatic rings. The number of likely N-dealkylation sites (tertiary alicyclic amines) is 1. The zero-order valence-electron chi connectivity index (χ0n) is 17.1. The molecule has 7 heteroatoms. The van der Waals surface area contributed by atoms with Crippen molar-refractivity contribution in [2.24, 2.45) is 0 Å². The third kappa shape index (κ3) is 4.90. The van der Waals surface area contributed by atoms with Crippen molar-refractivity contribution in [2.45, 2.75) is 31.7 Å². The highest BCUT2D eigenvalue weighted by Gasteiger charge is 2.24. The summed E-state index contributed by atoms with van der Waals surface area (Å²) in [6, 6.07) is 13.2. The predicted octanol–water partition coefficient (Wildman–Crippen LogP) is 2.48.